The second-order valence-corrected chi connectivity index (χ2v) is 14.2. The third kappa shape index (κ3) is 6.97. The first kappa shape index (κ1) is 34.4. The Labute approximate surface area is 307 Å². The number of benzene rings is 5. The van der Waals surface area contributed by atoms with Crippen molar-refractivity contribution in [2.45, 2.75) is 54.6 Å². The molecule has 0 heterocycles. The lowest BCUT2D eigenvalue weighted by Gasteiger charge is -2.33. The molecule has 2 aliphatic carbocycles. The van der Waals surface area contributed by atoms with Gasteiger partial charge in [0.15, 0.2) is 12.3 Å². The van der Waals surface area contributed by atoms with E-state index < -0.39 is 0 Å². The molecule has 0 aromatic heterocycles. The Morgan fingerprint density at radius 1 is 0.596 bits per heavy atom. The van der Waals surface area contributed by atoms with Gasteiger partial charge in [0.2, 0.25) is 11.4 Å². The minimum Gasteiger partial charge on any atom is -0.871 e. The summed E-state index contributed by atoms with van der Waals surface area (Å²) in [7, 11) is 0. The van der Waals surface area contributed by atoms with Crippen LogP contribution >= 0.6 is 0 Å². The van der Waals surface area contributed by atoms with Gasteiger partial charge in [-0.3, -0.25) is 4.79 Å². The summed E-state index contributed by atoms with van der Waals surface area (Å²) in [4.78, 5) is 15.9. The van der Waals surface area contributed by atoms with Crippen LogP contribution in [0.4, 0.5) is 17.1 Å². The monoisotopic (exact) mass is 680 g/mol. The molecule has 0 atom stereocenters. The number of ketones is 1. The molecular formula is C48H44N2O2. The molecule has 0 radical (unpaired) electrons. The van der Waals surface area contributed by atoms with Crippen LogP contribution in [0.1, 0.15) is 50.1 Å². The normalized spacial score (nSPS) is 13.9. The molecule has 258 valence electrons. The Balaban J connectivity index is 1.19. The van der Waals surface area contributed by atoms with Crippen molar-refractivity contribution >= 4 is 34.1 Å². The van der Waals surface area contributed by atoms with Gasteiger partial charge in [0.25, 0.3) is 0 Å². The molecule has 0 bridgehead atoms. The van der Waals surface area contributed by atoms with Gasteiger partial charge in [-0.2, -0.15) is 4.58 Å². The maximum Gasteiger partial charge on any atom is 0.208 e. The van der Waals surface area contributed by atoms with Crippen molar-refractivity contribution in [2.24, 2.45) is 0 Å². The van der Waals surface area contributed by atoms with Gasteiger partial charge in [-0.05, 0) is 106 Å². The number of carbonyl (C=O) groups is 1. The zero-order valence-corrected chi connectivity index (χ0v) is 30.8. The fraction of sp³-hybridized carbons (Fsp3) is 0.167. The Morgan fingerprint density at radius 3 is 1.81 bits per heavy atom. The molecular weight excluding hydrogens is 637 g/mol. The Bertz CT molecular complexity index is 2370. The summed E-state index contributed by atoms with van der Waals surface area (Å²) < 4.78 is 2.29. The van der Waals surface area contributed by atoms with Gasteiger partial charge in [-0.25, -0.2) is 0 Å². The number of rotatable bonds is 8. The van der Waals surface area contributed by atoms with E-state index in [1.165, 1.54) is 44.5 Å². The smallest absolute Gasteiger partial charge is 0.208 e. The molecule has 0 saturated carbocycles. The maximum atomic E-state index is 13.6. The first-order valence-electron chi connectivity index (χ1n) is 17.9. The number of hydrogen-bond acceptors (Lipinski definition) is 3. The highest BCUT2D eigenvalue weighted by Crippen LogP contribution is 2.39. The van der Waals surface area contributed by atoms with Gasteiger partial charge in [0, 0.05) is 58.4 Å². The second kappa shape index (κ2) is 14.3. The van der Waals surface area contributed by atoms with Crippen molar-refractivity contribution in [1.82, 2.24) is 0 Å². The maximum absolute atomic E-state index is 13.6. The molecule has 5 aromatic rings. The summed E-state index contributed by atoms with van der Waals surface area (Å²) in [5, 5.41) is 13.6. The molecule has 4 heteroatoms. The fourth-order valence-corrected chi connectivity index (χ4v) is 7.37. The van der Waals surface area contributed by atoms with Crippen molar-refractivity contribution in [2.75, 3.05) is 4.90 Å². The Morgan fingerprint density at radius 2 is 1.19 bits per heavy atom. The highest BCUT2D eigenvalue weighted by molar-refractivity contribution is 6.39. The van der Waals surface area contributed by atoms with Crippen LogP contribution in [-0.4, -0.2) is 16.1 Å². The average Bonchev–Trinajstić information content (AvgIpc) is 3.11. The second-order valence-electron chi connectivity index (χ2n) is 14.2. The van der Waals surface area contributed by atoms with E-state index >= 15 is 0 Å². The van der Waals surface area contributed by atoms with Crippen LogP contribution in [0.2, 0.25) is 0 Å². The van der Waals surface area contributed by atoms with Crippen LogP contribution in [-0.2, 0) is 17.9 Å². The van der Waals surface area contributed by atoms with Crippen molar-refractivity contribution in [1.29, 1.82) is 0 Å². The molecule has 0 amide bonds. The first-order valence-corrected chi connectivity index (χ1v) is 17.9. The molecule has 0 saturated heterocycles. The highest BCUT2D eigenvalue weighted by atomic mass is 16.3. The van der Waals surface area contributed by atoms with E-state index in [2.05, 4.69) is 136 Å². The summed E-state index contributed by atoms with van der Waals surface area (Å²) >= 11 is 0. The number of Topliss-reactive ketones (excluding diaryl/α,β-unsaturated/α-hetero) is 1. The van der Waals surface area contributed by atoms with Crippen LogP contribution in [0.15, 0.2) is 150 Å². The van der Waals surface area contributed by atoms with E-state index in [1.807, 2.05) is 48.6 Å². The molecule has 2 aliphatic rings. The van der Waals surface area contributed by atoms with Gasteiger partial charge < -0.3 is 10.0 Å². The van der Waals surface area contributed by atoms with Gasteiger partial charge in [0.1, 0.15) is 0 Å². The molecule has 0 N–H and O–H groups in total. The van der Waals surface area contributed by atoms with E-state index in [0.29, 0.717) is 24.2 Å². The van der Waals surface area contributed by atoms with Crippen molar-refractivity contribution in [3.05, 3.63) is 200 Å². The van der Waals surface area contributed by atoms with Gasteiger partial charge in [-0.15, -0.1) is 0 Å². The minimum atomic E-state index is -0.206. The number of aryl methyl sites for hydroxylation is 6. The van der Waals surface area contributed by atoms with Gasteiger partial charge in [-0.1, -0.05) is 101 Å². The zero-order chi connectivity index (χ0) is 36.5. The summed E-state index contributed by atoms with van der Waals surface area (Å²) in [5.41, 5.74) is 15.7. The standard InChI is InChI=1S/C48H44N2O2/c1-31-9-7-11-37(27-31)29-49(43-23-13-33(3)25-35(43)5)41-19-15-39(16-20-41)45-47(51)46(48(45)52)40-17-21-42(22-18-40)50(30-38-12-8-10-32(2)28-38)44-24-14-34(4)26-36(44)6/h7-28H,29-30H2,1-6H3. The lowest BCUT2D eigenvalue weighted by Crippen LogP contribution is -2.30. The molecule has 0 spiro atoms. The van der Waals surface area contributed by atoms with Crippen LogP contribution in [0.3, 0.4) is 0 Å². The van der Waals surface area contributed by atoms with Gasteiger partial charge in [0.05, 0.1) is 0 Å². The lowest BCUT2D eigenvalue weighted by atomic mass is 9.80. The SMILES string of the molecule is Cc1cccc(CN(c2ccc(C3=C([O-])C(=C4C=CC(=[N+](Cc5cccc(C)c5)c5ccc(C)cc5C)C=C4)C3=O)cc2)c2ccc(C)cc2C)c1. The molecule has 0 aliphatic heterocycles. The third-order valence-electron chi connectivity index (χ3n) is 9.98. The van der Waals surface area contributed by atoms with E-state index in [0.717, 1.165) is 22.8 Å². The molecule has 0 unspecified atom stereocenters. The average molecular weight is 681 g/mol. The summed E-state index contributed by atoms with van der Waals surface area (Å²) in [6.45, 7) is 14.1. The highest BCUT2D eigenvalue weighted by Gasteiger charge is 2.31. The number of anilines is 2. The molecule has 4 nitrogen and oxygen atoms in total. The predicted molar refractivity (Wildman–Crippen MR) is 212 cm³/mol. The number of allylic oxidation sites excluding steroid dienone is 7. The van der Waals surface area contributed by atoms with Crippen LogP contribution in [0.5, 0.6) is 0 Å². The van der Waals surface area contributed by atoms with E-state index in [9.17, 15) is 9.90 Å². The fourth-order valence-electron chi connectivity index (χ4n) is 7.37. The minimum absolute atomic E-state index is 0.206. The van der Waals surface area contributed by atoms with E-state index in [1.54, 1.807) is 0 Å². The largest absolute Gasteiger partial charge is 0.871 e. The van der Waals surface area contributed by atoms with Crippen molar-refractivity contribution in [3.8, 4) is 0 Å². The van der Waals surface area contributed by atoms with Gasteiger partial charge >= 0.3 is 0 Å². The third-order valence-corrected chi connectivity index (χ3v) is 9.98. The summed E-state index contributed by atoms with van der Waals surface area (Å²) in [6.07, 6.45) is 7.84. The van der Waals surface area contributed by atoms with E-state index in [-0.39, 0.29) is 22.7 Å². The number of carbonyl (C=O) groups excluding carboxylic acids is 1. The summed E-state index contributed by atoms with van der Waals surface area (Å²) in [5.74, 6) is -0.412. The van der Waals surface area contributed by atoms with Crippen molar-refractivity contribution in [3.63, 3.8) is 0 Å². The topological polar surface area (TPSA) is 46.4 Å². The quantitative estimate of drug-likeness (QED) is 0.121. The molecule has 7 rings (SSSR count). The molecule has 0 fully saturated rings. The van der Waals surface area contributed by atoms with E-state index in [4.69, 9.17) is 0 Å². The predicted octanol–water partition coefficient (Wildman–Crippen LogP) is 9.94. The lowest BCUT2D eigenvalue weighted by molar-refractivity contribution is -0.456. The molecule has 52 heavy (non-hydrogen) atoms. The van der Waals surface area contributed by atoms with Crippen LogP contribution < -0.4 is 10.0 Å². The number of hydrogen-bond donors (Lipinski definition) is 0. The van der Waals surface area contributed by atoms with Crippen molar-refractivity contribution < 1.29 is 14.5 Å². The zero-order valence-electron chi connectivity index (χ0n) is 30.8. The van der Waals surface area contributed by atoms with Crippen LogP contribution in [0.25, 0.3) is 5.57 Å². The first-order chi connectivity index (χ1) is 25.0. The molecule has 5 aromatic carbocycles. The summed E-state index contributed by atoms with van der Waals surface area (Å²) in [6, 6.07) is 37.9. The Hall–Kier alpha value is -6.00. The Kier molecular flexibility index (Phi) is 9.49. The van der Waals surface area contributed by atoms with Crippen LogP contribution in [0, 0.1) is 41.5 Å². The number of nitrogens with zero attached hydrogens (tertiary/aromatic N) is 2.